The molecule has 0 aromatic heterocycles. The van der Waals surface area contributed by atoms with Crippen molar-refractivity contribution >= 4 is 15.9 Å². The van der Waals surface area contributed by atoms with Crippen LogP contribution in [0.15, 0.2) is 29.2 Å². The molecule has 2 N–H and O–H groups in total. The van der Waals surface area contributed by atoms with Gasteiger partial charge in [-0.05, 0) is 25.0 Å². The molecule has 1 atom stereocenters. The van der Waals surface area contributed by atoms with Gasteiger partial charge in [-0.2, -0.15) is 4.72 Å². The number of hydrogen-bond acceptors (Lipinski definition) is 4. The van der Waals surface area contributed by atoms with Crippen LogP contribution in [-0.2, 0) is 19.6 Å². The summed E-state index contributed by atoms with van der Waals surface area (Å²) >= 11 is 0. The number of rotatable bonds is 8. The molecule has 0 aliphatic heterocycles. The third kappa shape index (κ3) is 5.40. The minimum Gasteiger partial charge on any atom is -0.383 e. The van der Waals surface area contributed by atoms with Crippen molar-refractivity contribution in [3.05, 3.63) is 29.8 Å². The van der Waals surface area contributed by atoms with E-state index in [9.17, 15) is 13.2 Å². The zero-order valence-corrected chi connectivity index (χ0v) is 14.2. The highest BCUT2D eigenvalue weighted by molar-refractivity contribution is 7.89. The number of aryl methyl sites for hydroxylation is 1. The van der Waals surface area contributed by atoms with E-state index >= 15 is 0 Å². The van der Waals surface area contributed by atoms with Crippen LogP contribution in [0.5, 0.6) is 0 Å². The van der Waals surface area contributed by atoms with Crippen LogP contribution in [0, 0.1) is 12.8 Å². The Hall–Kier alpha value is -1.44. The van der Waals surface area contributed by atoms with Gasteiger partial charge in [-0.15, -0.1) is 0 Å². The largest absolute Gasteiger partial charge is 0.383 e. The molecule has 0 bridgehead atoms. The van der Waals surface area contributed by atoms with Gasteiger partial charge in [0.2, 0.25) is 15.9 Å². The van der Waals surface area contributed by atoms with Crippen LogP contribution >= 0.6 is 0 Å². The van der Waals surface area contributed by atoms with Crippen LogP contribution in [-0.4, -0.2) is 40.6 Å². The lowest BCUT2D eigenvalue weighted by molar-refractivity contribution is -0.123. The number of carbonyl (C=O) groups is 1. The maximum atomic E-state index is 12.4. The monoisotopic (exact) mass is 328 g/mol. The van der Waals surface area contributed by atoms with Crippen molar-refractivity contribution in [2.45, 2.75) is 31.7 Å². The molecule has 1 aromatic rings. The molecule has 1 amide bonds. The summed E-state index contributed by atoms with van der Waals surface area (Å²) in [6, 6.07) is 5.66. The molecule has 6 nitrogen and oxygen atoms in total. The summed E-state index contributed by atoms with van der Waals surface area (Å²) in [7, 11) is -2.21. The van der Waals surface area contributed by atoms with Crippen molar-refractivity contribution in [3.8, 4) is 0 Å². The Morgan fingerprint density at radius 2 is 1.82 bits per heavy atom. The van der Waals surface area contributed by atoms with E-state index in [2.05, 4.69) is 10.0 Å². The van der Waals surface area contributed by atoms with E-state index < -0.39 is 16.1 Å². The Morgan fingerprint density at radius 1 is 1.23 bits per heavy atom. The Kier molecular flexibility index (Phi) is 6.99. The number of benzene rings is 1. The molecular weight excluding hydrogens is 304 g/mol. The fourth-order valence-corrected chi connectivity index (χ4v) is 3.18. The summed E-state index contributed by atoms with van der Waals surface area (Å²) < 4.78 is 32.1. The van der Waals surface area contributed by atoms with Gasteiger partial charge in [0, 0.05) is 13.7 Å². The number of sulfonamides is 1. The van der Waals surface area contributed by atoms with Gasteiger partial charge in [0.05, 0.1) is 11.5 Å². The van der Waals surface area contributed by atoms with E-state index in [4.69, 9.17) is 4.74 Å². The minimum atomic E-state index is -3.74. The standard InChI is InChI=1S/C15H24N2O4S/c1-11(2)14(15(18)16-9-10-21-4)17-22(19,20)13-7-5-12(3)6-8-13/h5-8,11,14,17H,9-10H2,1-4H3,(H,16,18)/t14-/m0/s1. The van der Waals surface area contributed by atoms with Gasteiger partial charge in [-0.25, -0.2) is 8.42 Å². The lowest BCUT2D eigenvalue weighted by Crippen LogP contribution is -2.50. The number of nitrogens with one attached hydrogen (secondary N) is 2. The summed E-state index contributed by atoms with van der Waals surface area (Å²) in [5.74, 6) is -0.537. The highest BCUT2D eigenvalue weighted by Gasteiger charge is 2.28. The molecule has 0 radical (unpaired) electrons. The van der Waals surface area contributed by atoms with Crippen molar-refractivity contribution in [1.29, 1.82) is 0 Å². The molecule has 0 aliphatic carbocycles. The maximum Gasteiger partial charge on any atom is 0.241 e. The van der Waals surface area contributed by atoms with Crippen LogP contribution in [0.25, 0.3) is 0 Å². The summed E-state index contributed by atoms with van der Waals surface area (Å²) in [5.41, 5.74) is 0.969. The number of carbonyl (C=O) groups excluding carboxylic acids is 1. The predicted octanol–water partition coefficient (Wildman–Crippen LogP) is 1.06. The highest BCUT2D eigenvalue weighted by Crippen LogP contribution is 2.13. The fraction of sp³-hybridized carbons (Fsp3) is 0.533. The molecule has 7 heteroatoms. The molecule has 0 saturated heterocycles. The van der Waals surface area contributed by atoms with Crippen molar-refractivity contribution < 1.29 is 17.9 Å². The van der Waals surface area contributed by atoms with Crippen molar-refractivity contribution in [2.75, 3.05) is 20.3 Å². The van der Waals surface area contributed by atoms with Crippen LogP contribution < -0.4 is 10.0 Å². The van der Waals surface area contributed by atoms with Gasteiger partial charge in [0.15, 0.2) is 0 Å². The normalized spacial score (nSPS) is 13.1. The van der Waals surface area contributed by atoms with E-state index in [0.717, 1.165) is 5.56 Å². The van der Waals surface area contributed by atoms with Crippen LogP contribution in [0.1, 0.15) is 19.4 Å². The van der Waals surface area contributed by atoms with Gasteiger partial charge < -0.3 is 10.1 Å². The lowest BCUT2D eigenvalue weighted by Gasteiger charge is -2.21. The average Bonchev–Trinajstić information content (AvgIpc) is 2.45. The molecule has 0 aliphatic rings. The second-order valence-corrected chi connectivity index (χ2v) is 7.15. The smallest absolute Gasteiger partial charge is 0.241 e. The topological polar surface area (TPSA) is 84.5 Å². The van der Waals surface area contributed by atoms with Gasteiger partial charge >= 0.3 is 0 Å². The summed E-state index contributed by atoms with van der Waals surface area (Å²) in [6.45, 7) is 6.17. The first-order chi connectivity index (χ1) is 10.3. The average molecular weight is 328 g/mol. The molecule has 0 spiro atoms. The van der Waals surface area contributed by atoms with Crippen LogP contribution in [0.3, 0.4) is 0 Å². The molecule has 1 rings (SSSR count). The van der Waals surface area contributed by atoms with Gasteiger partial charge in [-0.3, -0.25) is 4.79 Å². The minimum absolute atomic E-state index is 0.147. The lowest BCUT2D eigenvalue weighted by atomic mass is 10.1. The SMILES string of the molecule is COCCNC(=O)[C@@H](NS(=O)(=O)c1ccc(C)cc1)C(C)C. The number of methoxy groups -OCH3 is 1. The molecule has 22 heavy (non-hydrogen) atoms. The molecule has 0 fully saturated rings. The number of amides is 1. The van der Waals surface area contributed by atoms with Crippen molar-refractivity contribution in [1.82, 2.24) is 10.0 Å². The Labute approximate surface area is 132 Å². The van der Waals surface area contributed by atoms with E-state index in [-0.39, 0.29) is 16.7 Å². The maximum absolute atomic E-state index is 12.4. The van der Waals surface area contributed by atoms with Crippen LogP contribution in [0.2, 0.25) is 0 Å². The summed E-state index contributed by atoms with van der Waals surface area (Å²) in [5, 5.41) is 2.66. The molecule has 0 unspecified atom stereocenters. The highest BCUT2D eigenvalue weighted by atomic mass is 32.2. The third-order valence-corrected chi connectivity index (χ3v) is 4.62. The third-order valence-electron chi connectivity index (χ3n) is 3.17. The van der Waals surface area contributed by atoms with E-state index in [1.807, 2.05) is 6.92 Å². The Morgan fingerprint density at radius 3 is 2.32 bits per heavy atom. The molecular formula is C15H24N2O4S. The van der Waals surface area contributed by atoms with Gasteiger partial charge in [0.1, 0.15) is 6.04 Å². The molecule has 0 saturated carbocycles. The number of hydrogen-bond donors (Lipinski definition) is 2. The Bertz CT molecular complexity index is 582. The second-order valence-electron chi connectivity index (χ2n) is 5.44. The molecule has 124 valence electrons. The quantitative estimate of drug-likeness (QED) is 0.699. The zero-order chi connectivity index (χ0) is 16.8. The zero-order valence-electron chi connectivity index (χ0n) is 13.4. The van der Waals surface area contributed by atoms with E-state index in [0.29, 0.717) is 13.2 Å². The fourth-order valence-electron chi connectivity index (χ4n) is 1.83. The molecule has 1 aromatic carbocycles. The Balaban J connectivity index is 2.85. The number of ether oxygens (including phenoxy) is 1. The second kappa shape index (κ2) is 8.26. The van der Waals surface area contributed by atoms with Crippen LogP contribution in [0.4, 0.5) is 0 Å². The van der Waals surface area contributed by atoms with E-state index in [1.54, 1.807) is 26.0 Å². The summed E-state index contributed by atoms with van der Waals surface area (Å²) in [4.78, 5) is 12.3. The van der Waals surface area contributed by atoms with Gasteiger partial charge in [0.25, 0.3) is 0 Å². The first-order valence-electron chi connectivity index (χ1n) is 7.13. The predicted molar refractivity (Wildman–Crippen MR) is 85.0 cm³/mol. The van der Waals surface area contributed by atoms with E-state index in [1.165, 1.54) is 19.2 Å². The van der Waals surface area contributed by atoms with Gasteiger partial charge in [-0.1, -0.05) is 31.5 Å². The first kappa shape index (κ1) is 18.6. The van der Waals surface area contributed by atoms with Crippen molar-refractivity contribution in [2.24, 2.45) is 5.92 Å². The summed E-state index contributed by atoms with van der Waals surface area (Å²) in [6.07, 6.45) is 0. The first-order valence-corrected chi connectivity index (χ1v) is 8.62. The molecule has 0 heterocycles. The van der Waals surface area contributed by atoms with Crippen molar-refractivity contribution in [3.63, 3.8) is 0 Å².